The molecule has 0 fully saturated rings. The van der Waals surface area contributed by atoms with Crippen LogP contribution in [0.3, 0.4) is 0 Å². The normalized spacial score (nSPS) is 12.0. The lowest BCUT2D eigenvalue weighted by atomic mass is 10.2. The number of benzene rings is 1. The average molecular weight is 375 g/mol. The highest BCUT2D eigenvalue weighted by molar-refractivity contribution is 7.89. The van der Waals surface area contributed by atoms with Gasteiger partial charge in [0.15, 0.2) is 5.96 Å². The molecule has 3 N–H and O–H groups in total. The van der Waals surface area contributed by atoms with Crippen LogP contribution in [0.25, 0.3) is 0 Å². The molecule has 1 heterocycles. The third-order valence-electron chi connectivity index (χ3n) is 3.63. The molecule has 1 aromatic heterocycles. The number of guanidine groups is 1. The lowest BCUT2D eigenvalue weighted by molar-refractivity contribution is 0.580. The maximum atomic E-state index is 12.1. The van der Waals surface area contributed by atoms with Gasteiger partial charge in [0.1, 0.15) is 0 Å². The second-order valence-electron chi connectivity index (χ2n) is 5.62. The Morgan fingerprint density at radius 3 is 2.46 bits per heavy atom. The SMILES string of the molecule is CN=C(NCCc1ccccn1)NCCS(=O)(=O)NCc1ccccc1. The molecule has 0 saturated heterocycles. The molecule has 0 aliphatic heterocycles. The fraction of sp³-hybridized carbons (Fsp3) is 0.333. The molecule has 0 bridgehead atoms. The van der Waals surface area contributed by atoms with E-state index in [4.69, 9.17) is 0 Å². The van der Waals surface area contributed by atoms with E-state index in [1.165, 1.54) is 0 Å². The lowest BCUT2D eigenvalue weighted by Crippen LogP contribution is -2.41. The summed E-state index contributed by atoms with van der Waals surface area (Å²) in [6, 6.07) is 15.2. The maximum Gasteiger partial charge on any atom is 0.213 e. The molecular formula is C18H25N5O2S. The van der Waals surface area contributed by atoms with Crippen molar-refractivity contribution in [2.24, 2.45) is 4.99 Å². The zero-order valence-electron chi connectivity index (χ0n) is 14.9. The van der Waals surface area contributed by atoms with Crippen LogP contribution in [0.1, 0.15) is 11.3 Å². The Kier molecular flexibility index (Phi) is 8.04. The summed E-state index contributed by atoms with van der Waals surface area (Å²) in [6.45, 7) is 1.23. The summed E-state index contributed by atoms with van der Waals surface area (Å²) in [4.78, 5) is 8.34. The van der Waals surface area contributed by atoms with Gasteiger partial charge in [-0.2, -0.15) is 0 Å². The molecule has 0 unspecified atom stereocenters. The van der Waals surface area contributed by atoms with Gasteiger partial charge in [0.05, 0.1) is 5.75 Å². The number of rotatable bonds is 9. The van der Waals surface area contributed by atoms with E-state index >= 15 is 0 Å². The van der Waals surface area contributed by atoms with Gasteiger partial charge in [-0.3, -0.25) is 9.98 Å². The third-order valence-corrected chi connectivity index (χ3v) is 4.95. The smallest absolute Gasteiger partial charge is 0.213 e. The second kappa shape index (κ2) is 10.5. The zero-order valence-corrected chi connectivity index (χ0v) is 15.7. The highest BCUT2D eigenvalue weighted by Gasteiger charge is 2.10. The zero-order chi connectivity index (χ0) is 18.7. The largest absolute Gasteiger partial charge is 0.356 e. The Hall–Kier alpha value is -2.45. The van der Waals surface area contributed by atoms with Crippen LogP contribution in [-0.4, -0.2) is 45.3 Å². The van der Waals surface area contributed by atoms with Crippen LogP contribution in [-0.2, 0) is 23.0 Å². The summed E-state index contributed by atoms with van der Waals surface area (Å²) in [5.74, 6) is 0.542. The molecule has 140 valence electrons. The van der Waals surface area contributed by atoms with Crippen molar-refractivity contribution in [3.63, 3.8) is 0 Å². The number of sulfonamides is 1. The van der Waals surface area contributed by atoms with Crippen molar-refractivity contribution in [3.05, 3.63) is 66.0 Å². The van der Waals surface area contributed by atoms with Crippen LogP contribution in [0.2, 0.25) is 0 Å². The monoisotopic (exact) mass is 375 g/mol. The van der Waals surface area contributed by atoms with Crippen LogP contribution < -0.4 is 15.4 Å². The minimum Gasteiger partial charge on any atom is -0.356 e. The van der Waals surface area contributed by atoms with Gasteiger partial charge < -0.3 is 10.6 Å². The van der Waals surface area contributed by atoms with Crippen molar-refractivity contribution in [2.75, 3.05) is 25.9 Å². The fourth-order valence-corrected chi connectivity index (χ4v) is 3.14. The summed E-state index contributed by atoms with van der Waals surface area (Å²) in [5.41, 5.74) is 1.92. The number of hydrogen-bond donors (Lipinski definition) is 3. The molecule has 0 saturated carbocycles. The third kappa shape index (κ3) is 7.62. The van der Waals surface area contributed by atoms with Crippen LogP contribution in [0.4, 0.5) is 0 Å². The Balaban J connectivity index is 1.67. The molecule has 0 aliphatic carbocycles. The van der Waals surface area contributed by atoms with Gasteiger partial charge in [-0.1, -0.05) is 36.4 Å². The Bertz CT molecular complexity index is 780. The molecule has 26 heavy (non-hydrogen) atoms. The Morgan fingerprint density at radius 2 is 1.77 bits per heavy atom. The molecule has 8 heteroatoms. The van der Waals surface area contributed by atoms with Gasteiger partial charge in [0.25, 0.3) is 0 Å². The number of aliphatic imine (C=N–C) groups is 1. The Labute approximate surface area is 155 Å². The minimum atomic E-state index is -3.35. The number of nitrogens with zero attached hydrogens (tertiary/aromatic N) is 2. The summed E-state index contributed by atoms with van der Waals surface area (Å²) < 4.78 is 26.7. The van der Waals surface area contributed by atoms with Gasteiger partial charge >= 0.3 is 0 Å². The van der Waals surface area contributed by atoms with Crippen LogP contribution in [0, 0.1) is 0 Å². The van der Waals surface area contributed by atoms with Crippen LogP contribution >= 0.6 is 0 Å². The predicted molar refractivity (Wildman–Crippen MR) is 104 cm³/mol. The van der Waals surface area contributed by atoms with E-state index in [-0.39, 0.29) is 12.3 Å². The first kappa shape index (κ1) is 19.9. The molecule has 0 radical (unpaired) electrons. The van der Waals surface area contributed by atoms with E-state index in [0.717, 1.165) is 17.7 Å². The molecule has 0 aliphatic rings. The first-order valence-electron chi connectivity index (χ1n) is 8.45. The topological polar surface area (TPSA) is 95.5 Å². The van der Waals surface area contributed by atoms with E-state index in [9.17, 15) is 8.42 Å². The van der Waals surface area contributed by atoms with Gasteiger partial charge in [-0.25, -0.2) is 13.1 Å². The van der Waals surface area contributed by atoms with E-state index in [1.807, 2.05) is 48.5 Å². The highest BCUT2D eigenvalue weighted by atomic mass is 32.2. The van der Waals surface area contributed by atoms with E-state index in [2.05, 4.69) is 25.3 Å². The molecule has 0 spiro atoms. The summed E-state index contributed by atoms with van der Waals surface area (Å²) >= 11 is 0. The van der Waals surface area contributed by atoms with Gasteiger partial charge in [0.2, 0.25) is 10.0 Å². The van der Waals surface area contributed by atoms with Crippen molar-refractivity contribution < 1.29 is 8.42 Å². The molecule has 0 amide bonds. The van der Waals surface area contributed by atoms with Gasteiger partial charge in [0, 0.05) is 45.0 Å². The van der Waals surface area contributed by atoms with E-state index in [0.29, 0.717) is 19.0 Å². The van der Waals surface area contributed by atoms with Crippen LogP contribution in [0.5, 0.6) is 0 Å². The summed E-state index contributed by atoms with van der Waals surface area (Å²) in [6.07, 6.45) is 2.52. The van der Waals surface area contributed by atoms with Crippen molar-refractivity contribution in [1.82, 2.24) is 20.3 Å². The number of hydrogen-bond acceptors (Lipinski definition) is 4. The highest BCUT2D eigenvalue weighted by Crippen LogP contribution is 1.98. The van der Waals surface area contributed by atoms with Crippen molar-refractivity contribution in [3.8, 4) is 0 Å². The fourth-order valence-electron chi connectivity index (χ4n) is 2.24. The molecular weight excluding hydrogens is 350 g/mol. The molecule has 2 aromatic rings. The summed E-state index contributed by atoms with van der Waals surface area (Å²) in [5, 5.41) is 6.15. The lowest BCUT2D eigenvalue weighted by Gasteiger charge is -2.12. The van der Waals surface area contributed by atoms with Crippen molar-refractivity contribution in [1.29, 1.82) is 0 Å². The Morgan fingerprint density at radius 1 is 1.04 bits per heavy atom. The van der Waals surface area contributed by atoms with Gasteiger partial charge in [-0.15, -0.1) is 0 Å². The maximum absolute atomic E-state index is 12.1. The van der Waals surface area contributed by atoms with Crippen molar-refractivity contribution >= 4 is 16.0 Å². The number of pyridine rings is 1. The quantitative estimate of drug-likeness (QED) is 0.447. The molecule has 0 atom stereocenters. The molecule has 7 nitrogen and oxygen atoms in total. The van der Waals surface area contributed by atoms with E-state index in [1.54, 1.807) is 13.2 Å². The second-order valence-corrected chi connectivity index (χ2v) is 7.55. The number of aromatic nitrogens is 1. The predicted octanol–water partition coefficient (Wildman–Crippen LogP) is 0.909. The van der Waals surface area contributed by atoms with Crippen LogP contribution in [0.15, 0.2) is 59.7 Å². The first-order chi connectivity index (χ1) is 12.6. The molecule has 2 rings (SSSR count). The van der Waals surface area contributed by atoms with E-state index < -0.39 is 10.0 Å². The molecule has 1 aromatic carbocycles. The number of nitrogens with one attached hydrogen (secondary N) is 3. The van der Waals surface area contributed by atoms with Gasteiger partial charge in [-0.05, 0) is 17.7 Å². The summed E-state index contributed by atoms with van der Waals surface area (Å²) in [7, 11) is -1.70. The standard InChI is InChI=1S/C18H25N5O2S/c1-19-18(21-12-10-17-9-5-6-11-20-17)22-13-14-26(24,25)23-15-16-7-3-2-4-8-16/h2-9,11,23H,10,12-15H2,1H3,(H2,19,21,22). The minimum absolute atomic E-state index is 0.0270. The first-order valence-corrected chi connectivity index (χ1v) is 10.1. The average Bonchev–Trinajstić information content (AvgIpc) is 2.67. The van der Waals surface area contributed by atoms with Crippen molar-refractivity contribution in [2.45, 2.75) is 13.0 Å².